The Morgan fingerprint density at radius 2 is 2.17 bits per heavy atom. The van der Waals surface area contributed by atoms with Crippen LogP contribution in [0.2, 0.25) is 5.02 Å². The molecule has 0 aromatic heterocycles. The Hall–Kier alpha value is -1.06. The van der Waals surface area contributed by atoms with Crippen LogP contribution in [0.1, 0.15) is 5.56 Å². The first-order valence-corrected chi connectivity index (χ1v) is 3.83. The second-order valence-electron chi connectivity index (χ2n) is 2.23. The number of benzene rings is 1. The third-order valence-electron chi connectivity index (χ3n) is 1.50. The van der Waals surface area contributed by atoms with Crippen molar-refractivity contribution in [3.05, 3.63) is 34.9 Å². The smallest absolute Gasteiger partial charge is 0.102 e. The average Bonchev–Trinajstić information content (AvgIpc) is 2.10. The van der Waals surface area contributed by atoms with Gasteiger partial charge in [0.1, 0.15) is 5.71 Å². The Balaban J connectivity index is 3.10. The summed E-state index contributed by atoms with van der Waals surface area (Å²) in [5.74, 6) is 0. The van der Waals surface area contributed by atoms with E-state index in [0.717, 1.165) is 0 Å². The maximum absolute atomic E-state index is 8.55. The Labute approximate surface area is 75.4 Å². The molecule has 1 aromatic carbocycles. The topological polar surface area (TPSA) is 58.6 Å². The minimum atomic E-state index is 0.167. The lowest BCUT2D eigenvalue weighted by molar-refractivity contribution is 0.318. The van der Waals surface area contributed by atoms with E-state index in [1.165, 1.54) is 0 Å². The van der Waals surface area contributed by atoms with Crippen molar-refractivity contribution in [2.24, 2.45) is 10.9 Å². The lowest BCUT2D eigenvalue weighted by Crippen LogP contribution is -2.15. The largest absolute Gasteiger partial charge is 0.411 e. The summed E-state index contributed by atoms with van der Waals surface area (Å²) in [6, 6.07) is 7.08. The van der Waals surface area contributed by atoms with Gasteiger partial charge in [-0.1, -0.05) is 35.0 Å². The zero-order valence-corrected chi connectivity index (χ0v) is 7.12. The highest BCUT2D eigenvalue weighted by Crippen LogP contribution is 2.15. The van der Waals surface area contributed by atoms with Crippen molar-refractivity contribution >= 4 is 17.3 Å². The normalized spacial score (nSPS) is 11.7. The molecule has 0 radical (unpaired) electrons. The highest BCUT2D eigenvalue weighted by Gasteiger charge is 2.05. The van der Waals surface area contributed by atoms with Gasteiger partial charge in [0.05, 0.1) is 0 Å². The summed E-state index contributed by atoms with van der Waals surface area (Å²) < 4.78 is 0. The molecule has 0 heterocycles. The molecule has 0 aliphatic carbocycles. The van der Waals surface area contributed by atoms with Gasteiger partial charge < -0.3 is 10.9 Å². The second-order valence-corrected chi connectivity index (χ2v) is 2.64. The Kier molecular flexibility index (Phi) is 3.08. The number of nitrogens with zero attached hydrogens (tertiary/aromatic N) is 1. The lowest BCUT2D eigenvalue weighted by atomic mass is 10.1. The summed E-state index contributed by atoms with van der Waals surface area (Å²) >= 11 is 5.83. The van der Waals surface area contributed by atoms with Crippen LogP contribution in [0.3, 0.4) is 0 Å². The maximum Gasteiger partial charge on any atom is 0.102 e. The van der Waals surface area contributed by atoms with Gasteiger partial charge in [0.2, 0.25) is 0 Å². The van der Waals surface area contributed by atoms with Crippen LogP contribution in [0, 0.1) is 0 Å². The minimum absolute atomic E-state index is 0.167. The molecule has 3 N–H and O–H groups in total. The minimum Gasteiger partial charge on any atom is -0.411 e. The van der Waals surface area contributed by atoms with Gasteiger partial charge in [-0.3, -0.25) is 0 Å². The van der Waals surface area contributed by atoms with Gasteiger partial charge in [-0.25, -0.2) is 0 Å². The van der Waals surface area contributed by atoms with Gasteiger partial charge in [0.25, 0.3) is 0 Å². The molecule has 0 atom stereocenters. The van der Waals surface area contributed by atoms with Crippen molar-refractivity contribution in [2.75, 3.05) is 6.54 Å². The van der Waals surface area contributed by atoms with Gasteiger partial charge in [-0.05, 0) is 6.07 Å². The van der Waals surface area contributed by atoms with E-state index in [1.54, 1.807) is 18.2 Å². The molecule has 0 aliphatic heterocycles. The monoisotopic (exact) mass is 184 g/mol. The van der Waals surface area contributed by atoms with E-state index in [4.69, 9.17) is 22.5 Å². The zero-order chi connectivity index (χ0) is 8.97. The fourth-order valence-corrected chi connectivity index (χ4v) is 1.14. The van der Waals surface area contributed by atoms with Gasteiger partial charge in [-0.2, -0.15) is 0 Å². The molecule has 0 spiro atoms. The van der Waals surface area contributed by atoms with E-state index < -0.39 is 0 Å². The van der Waals surface area contributed by atoms with Crippen LogP contribution in [0.25, 0.3) is 0 Å². The summed E-state index contributed by atoms with van der Waals surface area (Å²) in [7, 11) is 0. The average molecular weight is 185 g/mol. The van der Waals surface area contributed by atoms with Gasteiger partial charge in [-0.15, -0.1) is 0 Å². The fourth-order valence-electron chi connectivity index (χ4n) is 0.900. The Bertz CT molecular complexity index is 299. The molecule has 3 nitrogen and oxygen atoms in total. The van der Waals surface area contributed by atoms with Crippen LogP contribution >= 0.6 is 11.6 Å². The van der Waals surface area contributed by atoms with Crippen molar-refractivity contribution in [2.45, 2.75) is 0 Å². The molecular weight excluding hydrogens is 176 g/mol. The van der Waals surface area contributed by atoms with E-state index in [2.05, 4.69) is 5.16 Å². The highest BCUT2D eigenvalue weighted by atomic mass is 35.5. The lowest BCUT2D eigenvalue weighted by Gasteiger charge is -2.02. The molecule has 1 aromatic rings. The van der Waals surface area contributed by atoms with Crippen molar-refractivity contribution in [1.29, 1.82) is 0 Å². The number of hydrogen-bond acceptors (Lipinski definition) is 3. The van der Waals surface area contributed by atoms with Crippen LogP contribution in [-0.2, 0) is 0 Å². The molecule has 0 saturated heterocycles. The number of halogens is 1. The van der Waals surface area contributed by atoms with Crippen LogP contribution in [0.4, 0.5) is 0 Å². The van der Waals surface area contributed by atoms with Gasteiger partial charge in [0, 0.05) is 17.1 Å². The molecule has 1 rings (SSSR count). The molecule has 0 aliphatic rings. The number of hydrogen-bond donors (Lipinski definition) is 2. The Morgan fingerprint density at radius 3 is 2.67 bits per heavy atom. The Morgan fingerprint density at radius 1 is 1.50 bits per heavy atom. The van der Waals surface area contributed by atoms with Crippen molar-refractivity contribution in [3.8, 4) is 0 Å². The summed E-state index contributed by atoms with van der Waals surface area (Å²) in [6.07, 6.45) is 0. The zero-order valence-electron chi connectivity index (χ0n) is 6.37. The van der Waals surface area contributed by atoms with Crippen molar-refractivity contribution in [3.63, 3.8) is 0 Å². The van der Waals surface area contributed by atoms with Crippen LogP contribution in [-0.4, -0.2) is 17.5 Å². The van der Waals surface area contributed by atoms with Crippen LogP contribution in [0.15, 0.2) is 29.4 Å². The van der Waals surface area contributed by atoms with Crippen molar-refractivity contribution in [1.82, 2.24) is 0 Å². The van der Waals surface area contributed by atoms with Gasteiger partial charge >= 0.3 is 0 Å². The third-order valence-corrected chi connectivity index (χ3v) is 1.83. The van der Waals surface area contributed by atoms with E-state index in [0.29, 0.717) is 16.3 Å². The highest BCUT2D eigenvalue weighted by molar-refractivity contribution is 6.34. The van der Waals surface area contributed by atoms with Crippen LogP contribution in [0.5, 0.6) is 0 Å². The summed E-state index contributed by atoms with van der Waals surface area (Å²) in [5, 5.41) is 12.1. The predicted octanol–water partition coefficient (Wildman–Crippen LogP) is 1.48. The first kappa shape index (κ1) is 9.03. The van der Waals surface area contributed by atoms with E-state index in [-0.39, 0.29) is 6.54 Å². The molecule has 0 fully saturated rings. The SMILES string of the molecule is NC/C(=N\O)c1ccccc1Cl. The quantitative estimate of drug-likeness (QED) is 0.416. The molecular formula is C8H9ClN2O. The number of rotatable bonds is 2. The molecule has 64 valence electrons. The first-order valence-electron chi connectivity index (χ1n) is 3.45. The predicted molar refractivity (Wildman–Crippen MR) is 48.8 cm³/mol. The van der Waals surface area contributed by atoms with Crippen molar-refractivity contribution < 1.29 is 5.21 Å². The molecule has 0 saturated carbocycles. The van der Waals surface area contributed by atoms with Crippen LogP contribution < -0.4 is 5.73 Å². The molecule has 0 unspecified atom stereocenters. The fraction of sp³-hybridized carbons (Fsp3) is 0.125. The van der Waals surface area contributed by atoms with E-state index >= 15 is 0 Å². The van der Waals surface area contributed by atoms with Gasteiger partial charge in [0.15, 0.2) is 0 Å². The summed E-state index contributed by atoms with van der Waals surface area (Å²) in [6.45, 7) is 0.167. The third kappa shape index (κ3) is 1.75. The van der Waals surface area contributed by atoms with E-state index in [1.807, 2.05) is 6.07 Å². The molecule has 12 heavy (non-hydrogen) atoms. The maximum atomic E-state index is 8.55. The summed E-state index contributed by atoms with van der Waals surface area (Å²) in [5.41, 5.74) is 6.39. The molecule has 4 heteroatoms. The van der Waals surface area contributed by atoms with E-state index in [9.17, 15) is 0 Å². The first-order chi connectivity index (χ1) is 5.79. The second kappa shape index (κ2) is 4.09. The molecule has 0 bridgehead atoms. The standard InChI is InChI=1S/C8H9ClN2O/c9-7-4-2-1-3-6(7)8(5-10)11-12/h1-4,12H,5,10H2/b11-8+. The number of oxime groups is 1. The number of nitrogens with two attached hydrogens (primary N) is 1. The summed E-state index contributed by atoms with van der Waals surface area (Å²) in [4.78, 5) is 0. The molecule has 0 amide bonds.